The predicted molar refractivity (Wildman–Crippen MR) is 108 cm³/mol. The van der Waals surface area contributed by atoms with Crippen molar-refractivity contribution in [3.8, 4) is 23.0 Å². The van der Waals surface area contributed by atoms with Crippen LogP contribution in [0.2, 0.25) is 0 Å². The van der Waals surface area contributed by atoms with E-state index in [-0.39, 0.29) is 12.2 Å². The van der Waals surface area contributed by atoms with Crippen molar-refractivity contribution < 1.29 is 18.9 Å². The Morgan fingerprint density at radius 1 is 0.679 bits per heavy atom. The van der Waals surface area contributed by atoms with Crippen molar-refractivity contribution in [1.29, 1.82) is 0 Å². The molecule has 0 aliphatic carbocycles. The number of fused-ring (bicyclic) bond motifs is 2. The van der Waals surface area contributed by atoms with Gasteiger partial charge in [-0.2, -0.15) is 0 Å². The molecule has 28 heavy (non-hydrogen) atoms. The molecular weight excluding hydrogens is 356 g/mol. The zero-order valence-corrected chi connectivity index (χ0v) is 16.5. The lowest BCUT2D eigenvalue weighted by atomic mass is 10.2. The van der Waals surface area contributed by atoms with Gasteiger partial charge in [-0.05, 0) is 38.4 Å². The van der Waals surface area contributed by atoms with Crippen LogP contribution in [0, 0.1) is 0 Å². The zero-order valence-electron chi connectivity index (χ0n) is 16.5. The maximum atomic E-state index is 6.05. The third-order valence-corrected chi connectivity index (χ3v) is 5.03. The summed E-state index contributed by atoms with van der Waals surface area (Å²) in [4.78, 5) is 4.57. The number of nitrogens with zero attached hydrogens (tertiary/aromatic N) is 2. The first-order valence-electron chi connectivity index (χ1n) is 9.81. The standard InChI is InChI=1S/C22H28N2O4/c1-23(13-17-15-25-19-7-3-5-9-21(19)27-17)11-12-24(2)14-18-16-26-20-8-4-6-10-22(20)28-18/h3-10,17-18H,11-16H2,1-2H3/t17-,18-/m1/s1. The van der Waals surface area contributed by atoms with Crippen molar-refractivity contribution in [2.45, 2.75) is 12.2 Å². The van der Waals surface area contributed by atoms with Crippen LogP contribution in [0.4, 0.5) is 0 Å². The number of hydrogen-bond acceptors (Lipinski definition) is 6. The minimum absolute atomic E-state index is 0.0526. The van der Waals surface area contributed by atoms with Crippen molar-refractivity contribution in [1.82, 2.24) is 9.80 Å². The third-order valence-electron chi connectivity index (χ3n) is 5.03. The average molecular weight is 384 g/mol. The molecule has 0 amide bonds. The van der Waals surface area contributed by atoms with Crippen molar-refractivity contribution in [3.63, 3.8) is 0 Å². The Bertz CT molecular complexity index is 719. The highest BCUT2D eigenvalue weighted by Gasteiger charge is 2.23. The first-order chi connectivity index (χ1) is 13.7. The molecule has 0 spiro atoms. The van der Waals surface area contributed by atoms with Gasteiger partial charge in [0.1, 0.15) is 25.4 Å². The van der Waals surface area contributed by atoms with Gasteiger partial charge < -0.3 is 28.7 Å². The molecule has 2 atom stereocenters. The van der Waals surface area contributed by atoms with Crippen molar-refractivity contribution in [2.24, 2.45) is 0 Å². The second kappa shape index (κ2) is 8.71. The summed E-state index contributed by atoms with van der Waals surface area (Å²) >= 11 is 0. The van der Waals surface area contributed by atoms with E-state index >= 15 is 0 Å². The number of likely N-dealkylation sites (N-methyl/N-ethyl adjacent to an activating group) is 2. The van der Waals surface area contributed by atoms with Crippen molar-refractivity contribution >= 4 is 0 Å². The molecule has 2 aliphatic rings. The second-order valence-corrected chi connectivity index (χ2v) is 7.52. The third kappa shape index (κ3) is 4.69. The Labute approximate surface area is 166 Å². The number of benzene rings is 2. The van der Waals surface area contributed by atoms with Gasteiger partial charge >= 0.3 is 0 Å². The second-order valence-electron chi connectivity index (χ2n) is 7.52. The van der Waals surface area contributed by atoms with Crippen LogP contribution < -0.4 is 18.9 Å². The lowest BCUT2D eigenvalue weighted by Crippen LogP contribution is -2.44. The molecule has 2 aliphatic heterocycles. The molecule has 0 saturated heterocycles. The van der Waals surface area contributed by atoms with Gasteiger partial charge in [-0.15, -0.1) is 0 Å². The molecule has 6 nitrogen and oxygen atoms in total. The molecule has 0 unspecified atom stereocenters. The van der Waals surface area contributed by atoms with E-state index in [0.29, 0.717) is 13.2 Å². The quantitative estimate of drug-likeness (QED) is 0.731. The lowest BCUT2D eigenvalue weighted by Gasteiger charge is -2.32. The predicted octanol–water partition coefficient (Wildman–Crippen LogP) is 2.53. The first kappa shape index (κ1) is 18.9. The average Bonchev–Trinajstić information content (AvgIpc) is 2.72. The molecule has 0 N–H and O–H groups in total. The van der Waals surface area contributed by atoms with Crippen molar-refractivity contribution in [3.05, 3.63) is 48.5 Å². The van der Waals surface area contributed by atoms with Crippen LogP contribution in [0.5, 0.6) is 23.0 Å². The molecular formula is C22H28N2O4. The van der Waals surface area contributed by atoms with Gasteiger partial charge in [0.05, 0.1) is 0 Å². The van der Waals surface area contributed by atoms with E-state index in [1.807, 2.05) is 48.5 Å². The maximum absolute atomic E-state index is 6.05. The fraction of sp³-hybridized carbons (Fsp3) is 0.455. The van der Waals surface area contributed by atoms with Crippen molar-refractivity contribution in [2.75, 3.05) is 53.5 Å². The Hall–Kier alpha value is -2.44. The number of para-hydroxylation sites is 4. The van der Waals surface area contributed by atoms with Crippen LogP contribution in [0.3, 0.4) is 0 Å². The molecule has 0 fully saturated rings. The van der Waals surface area contributed by atoms with E-state index in [0.717, 1.165) is 49.2 Å². The summed E-state index contributed by atoms with van der Waals surface area (Å²) in [7, 11) is 4.24. The summed E-state index contributed by atoms with van der Waals surface area (Å²) < 4.78 is 23.7. The minimum atomic E-state index is 0.0526. The molecule has 2 aromatic rings. The summed E-state index contributed by atoms with van der Waals surface area (Å²) in [5, 5.41) is 0. The van der Waals surface area contributed by atoms with Crippen LogP contribution in [0.25, 0.3) is 0 Å². The monoisotopic (exact) mass is 384 g/mol. The molecule has 4 rings (SSSR count). The fourth-order valence-electron chi connectivity index (χ4n) is 3.53. The number of rotatable bonds is 7. The Balaban J connectivity index is 1.18. The van der Waals surface area contributed by atoms with E-state index in [1.54, 1.807) is 0 Å². The van der Waals surface area contributed by atoms with E-state index < -0.39 is 0 Å². The van der Waals surface area contributed by atoms with E-state index in [1.165, 1.54) is 0 Å². The SMILES string of the molecule is CN(CCN(C)C[C@@H]1COc2ccccc2O1)C[C@@H]1COc2ccccc2O1. The summed E-state index contributed by atoms with van der Waals surface area (Å²) in [6.45, 7) is 4.73. The smallest absolute Gasteiger partial charge is 0.161 e. The topological polar surface area (TPSA) is 43.4 Å². The summed E-state index contributed by atoms with van der Waals surface area (Å²) in [5.74, 6) is 3.33. The molecule has 6 heteroatoms. The molecule has 2 heterocycles. The Morgan fingerprint density at radius 2 is 1.07 bits per heavy atom. The van der Waals surface area contributed by atoms with Crippen LogP contribution >= 0.6 is 0 Å². The van der Waals surface area contributed by atoms with Crippen LogP contribution in [0.1, 0.15) is 0 Å². The molecule has 0 aromatic heterocycles. The summed E-state index contributed by atoms with van der Waals surface area (Å²) in [5.41, 5.74) is 0. The molecule has 0 bridgehead atoms. The maximum Gasteiger partial charge on any atom is 0.161 e. The number of ether oxygens (including phenoxy) is 4. The molecule has 0 saturated carbocycles. The summed E-state index contributed by atoms with van der Waals surface area (Å²) in [6.07, 6.45) is 0.105. The molecule has 150 valence electrons. The Morgan fingerprint density at radius 3 is 1.50 bits per heavy atom. The van der Waals surface area contributed by atoms with E-state index in [9.17, 15) is 0 Å². The number of hydrogen-bond donors (Lipinski definition) is 0. The van der Waals surface area contributed by atoms with Gasteiger partial charge in [0.2, 0.25) is 0 Å². The highest BCUT2D eigenvalue weighted by molar-refractivity contribution is 5.41. The van der Waals surface area contributed by atoms with Gasteiger partial charge in [-0.25, -0.2) is 0 Å². The van der Waals surface area contributed by atoms with Crippen LogP contribution in [-0.2, 0) is 0 Å². The largest absolute Gasteiger partial charge is 0.486 e. The van der Waals surface area contributed by atoms with Gasteiger partial charge in [-0.1, -0.05) is 24.3 Å². The van der Waals surface area contributed by atoms with Crippen LogP contribution in [-0.4, -0.2) is 75.5 Å². The zero-order chi connectivity index (χ0) is 19.3. The van der Waals surface area contributed by atoms with E-state index in [2.05, 4.69) is 23.9 Å². The molecule has 2 aromatic carbocycles. The Kier molecular flexibility index (Phi) is 5.88. The van der Waals surface area contributed by atoms with Gasteiger partial charge in [0.15, 0.2) is 23.0 Å². The van der Waals surface area contributed by atoms with Gasteiger partial charge in [0.25, 0.3) is 0 Å². The first-order valence-corrected chi connectivity index (χ1v) is 9.81. The fourth-order valence-corrected chi connectivity index (χ4v) is 3.53. The van der Waals surface area contributed by atoms with Crippen LogP contribution in [0.15, 0.2) is 48.5 Å². The van der Waals surface area contributed by atoms with Gasteiger partial charge in [-0.3, -0.25) is 0 Å². The highest BCUT2D eigenvalue weighted by Crippen LogP contribution is 2.31. The van der Waals surface area contributed by atoms with Gasteiger partial charge in [0, 0.05) is 26.2 Å². The highest BCUT2D eigenvalue weighted by atomic mass is 16.6. The lowest BCUT2D eigenvalue weighted by molar-refractivity contribution is 0.0532. The minimum Gasteiger partial charge on any atom is -0.486 e. The summed E-state index contributed by atoms with van der Waals surface area (Å²) in [6, 6.07) is 15.7. The van der Waals surface area contributed by atoms with E-state index in [4.69, 9.17) is 18.9 Å². The molecule has 0 radical (unpaired) electrons. The normalized spacial score (nSPS) is 20.4.